The minimum Gasteiger partial charge on any atom is -0.464 e. The second-order valence-corrected chi connectivity index (χ2v) is 8.22. The lowest BCUT2D eigenvalue weighted by atomic mass is 10.0. The number of carbonyl (C=O) groups is 4. The van der Waals surface area contributed by atoms with Gasteiger partial charge in [0.05, 0.1) is 6.04 Å². The molecular weight excluding hydrogens is 406 g/mol. The fourth-order valence-electron chi connectivity index (χ4n) is 3.43. The van der Waals surface area contributed by atoms with Gasteiger partial charge in [0.2, 0.25) is 0 Å². The number of hydrogen-bond donors (Lipinski definition) is 1. The van der Waals surface area contributed by atoms with Crippen molar-refractivity contribution >= 4 is 24.2 Å². The topological polar surface area (TPSA) is 117 Å². The fourth-order valence-corrected chi connectivity index (χ4v) is 3.43. The number of hydrazine groups is 1. The molecule has 0 radical (unpaired) electrons. The number of carbonyl (C=O) groups excluding carboxylic acids is 3. The van der Waals surface area contributed by atoms with Crippen LogP contribution in [0.2, 0.25) is 0 Å². The van der Waals surface area contributed by atoms with E-state index in [0.717, 1.165) is 15.5 Å². The Morgan fingerprint density at radius 2 is 1.87 bits per heavy atom. The molecule has 0 bridgehead atoms. The highest BCUT2D eigenvalue weighted by Gasteiger charge is 2.46. The summed E-state index contributed by atoms with van der Waals surface area (Å²) in [5.41, 5.74) is 0.0311. The molecule has 10 nitrogen and oxygen atoms in total. The standard InChI is InChI=1S/C21H25N3O7/c1-21(2,3)31-19(28)22-11-7-10-16(24(22)18(26)27)17(25)23-15(13-30-20(23)29)12-14-8-5-4-6-9-14/h4-9,11,15-16H,10,12-13H2,1-3H3,(H,26,27). The lowest BCUT2D eigenvalue weighted by Crippen LogP contribution is -2.60. The van der Waals surface area contributed by atoms with Gasteiger partial charge in [0.25, 0.3) is 5.91 Å². The van der Waals surface area contributed by atoms with Crippen molar-refractivity contribution in [3.8, 4) is 0 Å². The largest absolute Gasteiger partial charge is 0.464 e. The van der Waals surface area contributed by atoms with Crippen molar-refractivity contribution in [3.05, 3.63) is 48.2 Å². The lowest BCUT2D eigenvalue weighted by Gasteiger charge is -2.39. The second kappa shape index (κ2) is 8.66. The number of rotatable bonds is 3. The summed E-state index contributed by atoms with van der Waals surface area (Å²) in [4.78, 5) is 51.1. The molecule has 0 aliphatic carbocycles. The number of cyclic esters (lactones) is 1. The Balaban J connectivity index is 1.84. The number of ether oxygens (including phenoxy) is 2. The average Bonchev–Trinajstić information content (AvgIpc) is 3.06. The van der Waals surface area contributed by atoms with E-state index in [1.165, 1.54) is 12.3 Å². The molecule has 2 aliphatic heterocycles. The quantitative estimate of drug-likeness (QED) is 0.782. The summed E-state index contributed by atoms with van der Waals surface area (Å²) < 4.78 is 10.3. The van der Waals surface area contributed by atoms with Crippen molar-refractivity contribution in [3.63, 3.8) is 0 Å². The van der Waals surface area contributed by atoms with E-state index in [1.54, 1.807) is 20.8 Å². The molecular formula is C21H25N3O7. The SMILES string of the molecule is CC(C)(C)OC(=O)N1C=CCC(C(=O)N2C(=O)OCC2Cc2ccccc2)N1C(=O)O. The summed E-state index contributed by atoms with van der Waals surface area (Å²) in [6, 6.07) is 7.36. The number of benzene rings is 1. The highest BCUT2D eigenvalue weighted by atomic mass is 16.6. The Morgan fingerprint density at radius 1 is 1.19 bits per heavy atom. The van der Waals surface area contributed by atoms with Crippen LogP contribution in [0.3, 0.4) is 0 Å². The summed E-state index contributed by atoms with van der Waals surface area (Å²) in [6.07, 6.45) is -0.241. The normalized spacial score (nSPS) is 21.1. The molecule has 4 amide bonds. The third-order valence-electron chi connectivity index (χ3n) is 4.71. The van der Waals surface area contributed by atoms with Gasteiger partial charge < -0.3 is 14.6 Å². The molecule has 1 aromatic carbocycles. The maximum absolute atomic E-state index is 13.3. The Labute approximate surface area is 179 Å². The highest BCUT2D eigenvalue weighted by Crippen LogP contribution is 2.25. The zero-order valence-corrected chi connectivity index (χ0v) is 17.6. The average molecular weight is 431 g/mol. The van der Waals surface area contributed by atoms with Gasteiger partial charge in [-0.2, -0.15) is 10.0 Å². The van der Waals surface area contributed by atoms with Crippen LogP contribution in [0, 0.1) is 0 Å². The summed E-state index contributed by atoms with van der Waals surface area (Å²) >= 11 is 0. The van der Waals surface area contributed by atoms with Crippen LogP contribution in [0.4, 0.5) is 14.4 Å². The molecule has 0 saturated carbocycles. The lowest BCUT2D eigenvalue weighted by molar-refractivity contribution is -0.139. The molecule has 1 N–H and O–H groups in total. The van der Waals surface area contributed by atoms with E-state index < -0.39 is 41.9 Å². The zero-order valence-electron chi connectivity index (χ0n) is 17.6. The van der Waals surface area contributed by atoms with Gasteiger partial charge in [-0.1, -0.05) is 36.4 Å². The van der Waals surface area contributed by atoms with E-state index in [2.05, 4.69) is 0 Å². The van der Waals surface area contributed by atoms with Crippen LogP contribution in [0.25, 0.3) is 0 Å². The van der Waals surface area contributed by atoms with Crippen molar-refractivity contribution in [2.24, 2.45) is 0 Å². The first kappa shape index (κ1) is 22.1. The van der Waals surface area contributed by atoms with Gasteiger partial charge in [-0.25, -0.2) is 19.3 Å². The molecule has 1 fully saturated rings. The Bertz CT molecular complexity index is 894. The third kappa shape index (κ3) is 4.96. The first-order chi connectivity index (χ1) is 14.6. The van der Waals surface area contributed by atoms with E-state index in [1.807, 2.05) is 30.3 Å². The van der Waals surface area contributed by atoms with Gasteiger partial charge in [0, 0.05) is 6.20 Å². The van der Waals surface area contributed by atoms with E-state index in [4.69, 9.17) is 9.47 Å². The minimum absolute atomic E-state index is 0.00484. The maximum Gasteiger partial charge on any atom is 0.433 e. The summed E-state index contributed by atoms with van der Waals surface area (Å²) in [5.74, 6) is -0.760. The van der Waals surface area contributed by atoms with Gasteiger partial charge in [0.15, 0.2) is 0 Å². The highest BCUT2D eigenvalue weighted by molar-refractivity contribution is 5.98. The predicted molar refractivity (Wildman–Crippen MR) is 108 cm³/mol. The molecule has 3 rings (SSSR count). The number of amides is 4. The monoisotopic (exact) mass is 431 g/mol. The van der Waals surface area contributed by atoms with Crippen molar-refractivity contribution < 1.29 is 33.8 Å². The Morgan fingerprint density at radius 3 is 2.48 bits per heavy atom. The minimum atomic E-state index is -1.53. The maximum atomic E-state index is 13.3. The predicted octanol–water partition coefficient (Wildman–Crippen LogP) is 2.99. The Kier molecular flexibility index (Phi) is 6.19. The molecule has 2 heterocycles. The number of carboxylic acid groups (broad SMARTS) is 1. The summed E-state index contributed by atoms with van der Waals surface area (Å²) in [7, 11) is 0. The molecule has 1 aromatic rings. The van der Waals surface area contributed by atoms with Gasteiger partial charge in [-0.05, 0) is 39.2 Å². The van der Waals surface area contributed by atoms with E-state index in [0.29, 0.717) is 11.4 Å². The molecule has 1 saturated heterocycles. The summed E-state index contributed by atoms with van der Waals surface area (Å²) in [6.45, 7) is 4.92. The molecule has 2 atom stereocenters. The van der Waals surface area contributed by atoms with Crippen molar-refractivity contribution in [2.45, 2.75) is 51.3 Å². The smallest absolute Gasteiger partial charge is 0.433 e. The van der Waals surface area contributed by atoms with E-state index >= 15 is 0 Å². The number of imide groups is 1. The molecule has 31 heavy (non-hydrogen) atoms. The molecule has 2 aliphatic rings. The third-order valence-corrected chi connectivity index (χ3v) is 4.71. The van der Waals surface area contributed by atoms with Crippen LogP contribution in [0.1, 0.15) is 32.8 Å². The van der Waals surface area contributed by atoms with Gasteiger partial charge in [0.1, 0.15) is 18.2 Å². The first-order valence-electron chi connectivity index (χ1n) is 9.83. The van der Waals surface area contributed by atoms with Gasteiger partial charge in [-0.15, -0.1) is 0 Å². The van der Waals surface area contributed by atoms with Crippen molar-refractivity contribution in [1.29, 1.82) is 0 Å². The molecule has 10 heteroatoms. The number of nitrogens with zero attached hydrogens (tertiary/aromatic N) is 3. The fraction of sp³-hybridized carbons (Fsp3) is 0.429. The van der Waals surface area contributed by atoms with Gasteiger partial charge >= 0.3 is 18.3 Å². The van der Waals surface area contributed by atoms with Crippen LogP contribution < -0.4 is 0 Å². The molecule has 0 aromatic heterocycles. The molecule has 166 valence electrons. The summed E-state index contributed by atoms with van der Waals surface area (Å²) in [5, 5.41) is 11.1. The van der Waals surface area contributed by atoms with Crippen LogP contribution in [0.15, 0.2) is 42.6 Å². The van der Waals surface area contributed by atoms with Crippen molar-refractivity contribution in [2.75, 3.05) is 6.61 Å². The Hall–Kier alpha value is -3.56. The number of hydrogen-bond acceptors (Lipinski definition) is 6. The molecule has 2 unspecified atom stereocenters. The first-order valence-corrected chi connectivity index (χ1v) is 9.83. The van der Waals surface area contributed by atoms with E-state index in [-0.39, 0.29) is 13.0 Å². The van der Waals surface area contributed by atoms with Crippen LogP contribution in [0.5, 0.6) is 0 Å². The van der Waals surface area contributed by atoms with Crippen LogP contribution >= 0.6 is 0 Å². The second-order valence-electron chi connectivity index (χ2n) is 8.22. The molecule has 0 spiro atoms. The van der Waals surface area contributed by atoms with Crippen LogP contribution in [-0.4, -0.2) is 68.5 Å². The van der Waals surface area contributed by atoms with Crippen molar-refractivity contribution in [1.82, 2.24) is 14.9 Å². The zero-order chi connectivity index (χ0) is 22.8. The van der Waals surface area contributed by atoms with Crippen LogP contribution in [-0.2, 0) is 20.7 Å². The van der Waals surface area contributed by atoms with Gasteiger partial charge in [-0.3, -0.25) is 4.79 Å². The van der Waals surface area contributed by atoms with E-state index in [9.17, 15) is 24.3 Å².